The van der Waals surface area contributed by atoms with Gasteiger partial charge in [0.25, 0.3) is 0 Å². The third-order valence-electron chi connectivity index (χ3n) is 2.17. The Bertz CT molecular complexity index is 571. The van der Waals surface area contributed by atoms with Gasteiger partial charge in [-0.25, -0.2) is 4.39 Å². The largest absolute Gasteiger partial charge is 0.486 e. The van der Waals surface area contributed by atoms with E-state index in [2.05, 4.69) is 5.10 Å². The van der Waals surface area contributed by atoms with Crippen molar-refractivity contribution in [3.8, 4) is 11.8 Å². The normalized spacial score (nSPS) is 9.94. The number of rotatable bonds is 3. The summed E-state index contributed by atoms with van der Waals surface area (Å²) in [5.41, 5.74) is 0.903. The number of aryl methyl sites for hydroxylation is 1. The molecule has 0 saturated heterocycles. The van der Waals surface area contributed by atoms with E-state index >= 15 is 0 Å². The molecule has 1 aromatic heterocycles. The lowest BCUT2D eigenvalue weighted by Crippen LogP contribution is -1.96. The van der Waals surface area contributed by atoms with E-state index in [1.807, 2.05) is 6.07 Å². The Morgan fingerprint density at radius 3 is 2.94 bits per heavy atom. The molecular weight excluding hydrogens is 221 g/mol. The molecule has 17 heavy (non-hydrogen) atoms. The lowest BCUT2D eigenvalue weighted by molar-refractivity contribution is 0.305. The molecule has 0 saturated carbocycles. The number of benzene rings is 1. The maximum Gasteiger partial charge on any atom is 0.157 e. The van der Waals surface area contributed by atoms with Crippen LogP contribution in [0.4, 0.5) is 4.39 Å². The first-order valence-corrected chi connectivity index (χ1v) is 4.98. The number of nitrogens with zero attached hydrogens (tertiary/aromatic N) is 3. The van der Waals surface area contributed by atoms with Gasteiger partial charge < -0.3 is 4.74 Å². The smallest absolute Gasteiger partial charge is 0.157 e. The van der Waals surface area contributed by atoms with Crippen molar-refractivity contribution in [2.24, 2.45) is 7.05 Å². The van der Waals surface area contributed by atoms with Crippen molar-refractivity contribution in [3.63, 3.8) is 0 Å². The summed E-state index contributed by atoms with van der Waals surface area (Å²) in [5, 5.41) is 12.6. The first kappa shape index (κ1) is 11.1. The van der Waals surface area contributed by atoms with Crippen LogP contribution in [0.25, 0.3) is 0 Å². The molecule has 0 aliphatic rings. The van der Waals surface area contributed by atoms with Crippen LogP contribution >= 0.6 is 0 Å². The van der Waals surface area contributed by atoms with Crippen LogP contribution in [0.2, 0.25) is 0 Å². The van der Waals surface area contributed by atoms with Gasteiger partial charge in [0, 0.05) is 7.05 Å². The highest BCUT2D eigenvalue weighted by molar-refractivity contribution is 5.33. The molecule has 0 bridgehead atoms. The van der Waals surface area contributed by atoms with Crippen molar-refractivity contribution in [2.45, 2.75) is 6.61 Å². The summed E-state index contributed by atoms with van der Waals surface area (Å²) in [4.78, 5) is 0. The van der Waals surface area contributed by atoms with Gasteiger partial charge in [-0.2, -0.15) is 10.4 Å². The molecule has 86 valence electrons. The van der Waals surface area contributed by atoms with Gasteiger partial charge in [-0.05, 0) is 23.8 Å². The van der Waals surface area contributed by atoms with Crippen molar-refractivity contribution in [3.05, 3.63) is 47.5 Å². The predicted octanol–water partition coefficient (Wildman–Crippen LogP) is 2.01. The van der Waals surface area contributed by atoms with Gasteiger partial charge in [-0.1, -0.05) is 0 Å². The van der Waals surface area contributed by atoms with Gasteiger partial charge in [0.1, 0.15) is 12.4 Å². The van der Waals surface area contributed by atoms with E-state index < -0.39 is 5.82 Å². The zero-order valence-corrected chi connectivity index (χ0v) is 9.22. The fraction of sp³-hybridized carbons (Fsp3) is 0.167. The van der Waals surface area contributed by atoms with Crippen molar-refractivity contribution in [1.82, 2.24) is 9.78 Å². The fourth-order valence-electron chi connectivity index (χ4n) is 1.44. The molecule has 0 N–H and O–H groups in total. The molecule has 1 aromatic carbocycles. The summed E-state index contributed by atoms with van der Waals surface area (Å²) >= 11 is 0. The molecule has 2 rings (SSSR count). The van der Waals surface area contributed by atoms with Gasteiger partial charge in [0.05, 0.1) is 24.0 Å². The maximum absolute atomic E-state index is 13.1. The molecule has 0 atom stereocenters. The van der Waals surface area contributed by atoms with Crippen molar-refractivity contribution in [1.29, 1.82) is 5.26 Å². The first-order valence-electron chi connectivity index (χ1n) is 4.98. The highest BCUT2D eigenvalue weighted by atomic mass is 19.1. The van der Waals surface area contributed by atoms with Gasteiger partial charge in [-0.15, -0.1) is 0 Å². The molecule has 4 nitrogen and oxygen atoms in total. The second-order valence-corrected chi connectivity index (χ2v) is 3.60. The van der Waals surface area contributed by atoms with Gasteiger partial charge in [0.15, 0.2) is 5.75 Å². The molecular formula is C12H10FN3O. The Labute approximate surface area is 97.9 Å². The lowest BCUT2D eigenvalue weighted by atomic mass is 10.1. The zero-order valence-electron chi connectivity index (χ0n) is 9.22. The molecule has 2 aromatic rings. The van der Waals surface area contributed by atoms with Crippen molar-refractivity contribution < 1.29 is 9.13 Å². The lowest BCUT2D eigenvalue weighted by Gasteiger charge is -2.04. The van der Waals surface area contributed by atoms with E-state index in [1.165, 1.54) is 12.1 Å². The minimum absolute atomic E-state index is 0.206. The monoisotopic (exact) mass is 231 g/mol. The molecule has 0 unspecified atom stereocenters. The van der Waals surface area contributed by atoms with Gasteiger partial charge in [-0.3, -0.25) is 4.68 Å². The fourth-order valence-corrected chi connectivity index (χ4v) is 1.44. The first-order chi connectivity index (χ1) is 8.17. The highest BCUT2D eigenvalue weighted by Gasteiger charge is 2.02. The summed E-state index contributed by atoms with van der Waals surface area (Å²) in [5.74, 6) is 0.170. The number of aromatic nitrogens is 2. The number of hydrogen-bond donors (Lipinski definition) is 0. The molecule has 5 heteroatoms. The van der Waals surface area contributed by atoms with E-state index in [0.29, 0.717) is 11.3 Å². The standard InChI is InChI=1S/C12H10FN3O/c1-16-7-12(6-15-16)17-8-10-2-9(5-14)3-11(13)4-10/h2-4,6-7H,8H2,1H3. The van der Waals surface area contributed by atoms with Crippen LogP contribution in [-0.4, -0.2) is 9.78 Å². The van der Waals surface area contributed by atoms with E-state index in [-0.39, 0.29) is 12.2 Å². The Balaban J connectivity index is 2.09. The van der Waals surface area contributed by atoms with E-state index in [4.69, 9.17) is 10.00 Å². The minimum atomic E-state index is -0.436. The number of halogens is 1. The molecule has 0 amide bonds. The summed E-state index contributed by atoms with van der Waals surface area (Å²) in [6.07, 6.45) is 3.29. The quantitative estimate of drug-likeness (QED) is 0.811. The van der Waals surface area contributed by atoms with Crippen LogP contribution in [0, 0.1) is 17.1 Å². The Morgan fingerprint density at radius 1 is 1.47 bits per heavy atom. The molecule has 0 radical (unpaired) electrons. The molecule has 0 aliphatic carbocycles. The van der Waals surface area contributed by atoms with Gasteiger partial charge in [0.2, 0.25) is 0 Å². The van der Waals surface area contributed by atoms with Crippen LogP contribution in [0.3, 0.4) is 0 Å². The van der Waals surface area contributed by atoms with Crippen LogP contribution in [0.5, 0.6) is 5.75 Å². The maximum atomic E-state index is 13.1. The van der Waals surface area contributed by atoms with Crippen LogP contribution < -0.4 is 4.74 Å². The number of ether oxygens (including phenoxy) is 1. The van der Waals surface area contributed by atoms with Gasteiger partial charge >= 0.3 is 0 Å². The summed E-state index contributed by atoms with van der Waals surface area (Å²) in [6, 6.07) is 6.03. The predicted molar refractivity (Wildman–Crippen MR) is 58.7 cm³/mol. The van der Waals surface area contributed by atoms with Crippen LogP contribution in [0.15, 0.2) is 30.6 Å². The summed E-state index contributed by atoms with van der Waals surface area (Å²) in [7, 11) is 1.78. The highest BCUT2D eigenvalue weighted by Crippen LogP contribution is 2.13. The van der Waals surface area contributed by atoms with E-state index in [1.54, 1.807) is 30.2 Å². The Hall–Kier alpha value is -2.35. The third kappa shape index (κ3) is 2.82. The average molecular weight is 231 g/mol. The van der Waals surface area contributed by atoms with E-state index in [0.717, 1.165) is 0 Å². The minimum Gasteiger partial charge on any atom is -0.486 e. The molecule has 0 fully saturated rings. The van der Waals surface area contributed by atoms with Crippen LogP contribution in [0.1, 0.15) is 11.1 Å². The second-order valence-electron chi connectivity index (χ2n) is 3.60. The summed E-state index contributed by atoms with van der Waals surface area (Å²) < 4.78 is 20.1. The third-order valence-corrected chi connectivity index (χ3v) is 2.17. The molecule has 0 spiro atoms. The topological polar surface area (TPSA) is 50.8 Å². The Kier molecular flexibility index (Phi) is 3.06. The number of hydrogen-bond acceptors (Lipinski definition) is 3. The second kappa shape index (κ2) is 4.66. The zero-order chi connectivity index (χ0) is 12.3. The molecule has 1 heterocycles. The van der Waals surface area contributed by atoms with Crippen LogP contribution in [-0.2, 0) is 13.7 Å². The molecule has 0 aliphatic heterocycles. The van der Waals surface area contributed by atoms with Crippen molar-refractivity contribution >= 4 is 0 Å². The van der Waals surface area contributed by atoms with E-state index in [9.17, 15) is 4.39 Å². The summed E-state index contributed by atoms with van der Waals surface area (Å²) in [6.45, 7) is 0.206. The SMILES string of the molecule is Cn1cc(OCc2cc(F)cc(C#N)c2)cn1. The van der Waals surface area contributed by atoms with Crippen molar-refractivity contribution in [2.75, 3.05) is 0 Å². The Morgan fingerprint density at radius 2 is 2.29 bits per heavy atom. The average Bonchev–Trinajstić information content (AvgIpc) is 2.72. The number of nitriles is 1.